The zero-order chi connectivity index (χ0) is 22.0. The van der Waals surface area contributed by atoms with Gasteiger partial charge in [0, 0.05) is 25.7 Å². The molecule has 0 aromatic heterocycles. The summed E-state index contributed by atoms with van der Waals surface area (Å²) in [5, 5.41) is 0. The Morgan fingerprint density at radius 1 is 0.581 bits per heavy atom. The fraction of sp³-hybridized carbons (Fsp3) is 0.414. The Hall–Kier alpha value is -3.06. The first-order chi connectivity index (χ1) is 15.3. The summed E-state index contributed by atoms with van der Waals surface area (Å²) < 4.78 is 0. The van der Waals surface area contributed by atoms with Gasteiger partial charge in [0.2, 0.25) is 0 Å². The standard InChI is InChI=1S/C29H34N2/c1-3-5-7-9-11-13-19-26-21-15-17-23-28(26)30-25-31-29-24-18-16-22-27(29)20-14-12-10-8-6-4-2/h15-18,21-24H,3-10,19-20H2,1-2H3. The molecule has 2 nitrogen and oxygen atoms in total. The molecular weight excluding hydrogens is 376 g/mol. The summed E-state index contributed by atoms with van der Waals surface area (Å²) in [6.07, 6.45) is 10.7. The van der Waals surface area contributed by atoms with Crippen LogP contribution in [0.15, 0.2) is 58.5 Å². The summed E-state index contributed by atoms with van der Waals surface area (Å²) in [5.41, 5.74) is 3.98. The van der Waals surface area contributed by atoms with Crippen molar-refractivity contribution >= 4 is 17.4 Å². The lowest BCUT2D eigenvalue weighted by molar-refractivity contribution is 0.737. The molecule has 0 aliphatic heterocycles. The van der Waals surface area contributed by atoms with Gasteiger partial charge in [-0.05, 0) is 36.1 Å². The van der Waals surface area contributed by atoms with Crippen molar-refractivity contribution in [1.82, 2.24) is 0 Å². The largest absolute Gasteiger partial charge is 0.187 e. The Morgan fingerprint density at radius 2 is 1.03 bits per heavy atom. The van der Waals surface area contributed by atoms with Crippen molar-refractivity contribution in [2.75, 3.05) is 0 Å². The van der Waals surface area contributed by atoms with E-state index in [0.717, 1.165) is 35.3 Å². The molecule has 0 aliphatic carbocycles. The second kappa shape index (κ2) is 15.7. The van der Waals surface area contributed by atoms with Crippen LogP contribution in [0.4, 0.5) is 11.4 Å². The maximum absolute atomic E-state index is 4.48. The van der Waals surface area contributed by atoms with E-state index in [1.54, 1.807) is 0 Å². The van der Waals surface area contributed by atoms with Crippen LogP contribution in [0.2, 0.25) is 0 Å². The number of aliphatic imine (C=N–C) groups is 2. The van der Waals surface area contributed by atoms with Crippen molar-refractivity contribution in [3.63, 3.8) is 0 Å². The van der Waals surface area contributed by atoms with Gasteiger partial charge in [-0.25, -0.2) is 0 Å². The first kappa shape index (κ1) is 24.2. The van der Waals surface area contributed by atoms with Gasteiger partial charge in [0.25, 0.3) is 0 Å². The van der Waals surface area contributed by atoms with Crippen molar-refractivity contribution in [3.05, 3.63) is 59.7 Å². The fourth-order valence-corrected chi connectivity index (χ4v) is 3.09. The highest BCUT2D eigenvalue weighted by Gasteiger charge is 1.99. The number of benzene rings is 2. The molecule has 0 saturated heterocycles. The van der Waals surface area contributed by atoms with E-state index in [4.69, 9.17) is 0 Å². The molecule has 0 N–H and O–H groups in total. The van der Waals surface area contributed by atoms with Crippen molar-refractivity contribution in [3.8, 4) is 23.7 Å². The first-order valence-electron chi connectivity index (χ1n) is 11.6. The number of unbranched alkanes of at least 4 members (excludes halogenated alkanes) is 6. The molecule has 0 radical (unpaired) electrons. The van der Waals surface area contributed by atoms with Crippen LogP contribution in [-0.4, -0.2) is 6.01 Å². The highest BCUT2D eigenvalue weighted by Crippen LogP contribution is 2.20. The Bertz CT molecular complexity index is 895. The minimum Gasteiger partial charge on any atom is -0.187 e. The third-order valence-corrected chi connectivity index (χ3v) is 4.94. The summed E-state index contributed by atoms with van der Waals surface area (Å²) in [5.74, 6) is 13.1. The second-order valence-electron chi connectivity index (χ2n) is 7.56. The third kappa shape index (κ3) is 10.00. The van der Waals surface area contributed by atoms with Crippen LogP contribution in [0.3, 0.4) is 0 Å². The SMILES string of the molecule is CCCCCC#CCc1ccccc1N=C=Nc1ccccc1CC#CCCCCC. The predicted octanol–water partition coefficient (Wildman–Crippen LogP) is 8.08. The summed E-state index contributed by atoms with van der Waals surface area (Å²) in [6.45, 7) is 4.42. The van der Waals surface area contributed by atoms with E-state index < -0.39 is 0 Å². The fourth-order valence-electron chi connectivity index (χ4n) is 3.09. The van der Waals surface area contributed by atoms with Gasteiger partial charge in [0.15, 0.2) is 0 Å². The summed E-state index contributed by atoms with van der Waals surface area (Å²) >= 11 is 0. The van der Waals surface area contributed by atoms with Gasteiger partial charge in [-0.2, -0.15) is 9.98 Å². The van der Waals surface area contributed by atoms with Gasteiger partial charge in [-0.15, -0.1) is 11.8 Å². The van der Waals surface area contributed by atoms with E-state index in [2.05, 4.69) is 65.7 Å². The van der Waals surface area contributed by atoms with Crippen LogP contribution < -0.4 is 0 Å². The topological polar surface area (TPSA) is 24.7 Å². The van der Waals surface area contributed by atoms with Crippen LogP contribution >= 0.6 is 0 Å². The smallest absolute Gasteiger partial charge is 0.100 e. The van der Waals surface area contributed by atoms with Crippen molar-refractivity contribution in [2.45, 2.75) is 78.1 Å². The van der Waals surface area contributed by atoms with Crippen LogP contribution in [0.5, 0.6) is 0 Å². The Kier molecular flexibility index (Phi) is 12.3. The van der Waals surface area contributed by atoms with Gasteiger partial charge in [0.05, 0.1) is 11.4 Å². The molecule has 160 valence electrons. The Labute approximate surface area is 188 Å². The van der Waals surface area contributed by atoms with Gasteiger partial charge in [-0.3, -0.25) is 0 Å². The molecule has 2 aromatic rings. The lowest BCUT2D eigenvalue weighted by atomic mass is 10.1. The molecule has 0 atom stereocenters. The van der Waals surface area contributed by atoms with Crippen molar-refractivity contribution in [1.29, 1.82) is 0 Å². The average Bonchev–Trinajstić information content (AvgIpc) is 2.80. The molecule has 0 fully saturated rings. The molecule has 2 rings (SSSR count). The van der Waals surface area contributed by atoms with Gasteiger partial charge in [0.1, 0.15) is 6.01 Å². The minimum absolute atomic E-state index is 0.706. The Balaban J connectivity index is 2.03. The summed E-state index contributed by atoms with van der Waals surface area (Å²) in [7, 11) is 0. The molecule has 0 amide bonds. The minimum atomic E-state index is 0.706. The summed E-state index contributed by atoms with van der Waals surface area (Å²) in [4.78, 5) is 8.96. The normalized spacial score (nSPS) is 9.61. The molecule has 0 spiro atoms. The lowest BCUT2D eigenvalue weighted by Gasteiger charge is -2.00. The molecule has 0 unspecified atom stereocenters. The quantitative estimate of drug-likeness (QED) is 0.215. The van der Waals surface area contributed by atoms with Crippen molar-refractivity contribution < 1.29 is 0 Å². The molecule has 0 heterocycles. The molecule has 2 heteroatoms. The van der Waals surface area contributed by atoms with E-state index in [-0.39, 0.29) is 0 Å². The van der Waals surface area contributed by atoms with Gasteiger partial charge < -0.3 is 0 Å². The Morgan fingerprint density at radius 3 is 1.48 bits per heavy atom. The van der Waals surface area contributed by atoms with E-state index in [9.17, 15) is 0 Å². The van der Waals surface area contributed by atoms with Crippen LogP contribution in [0, 0.1) is 23.7 Å². The molecule has 0 bridgehead atoms. The molecule has 31 heavy (non-hydrogen) atoms. The number of hydrogen-bond donors (Lipinski definition) is 0. The molecule has 0 saturated carbocycles. The summed E-state index contributed by atoms with van der Waals surface area (Å²) in [6, 6.07) is 19.0. The van der Waals surface area contributed by atoms with Gasteiger partial charge >= 0.3 is 0 Å². The highest BCUT2D eigenvalue weighted by molar-refractivity contribution is 5.62. The monoisotopic (exact) mass is 410 g/mol. The van der Waals surface area contributed by atoms with E-state index >= 15 is 0 Å². The van der Waals surface area contributed by atoms with Crippen LogP contribution in [-0.2, 0) is 12.8 Å². The highest BCUT2D eigenvalue weighted by atomic mass is 14.8. The van der Waals surface area contributed by atoms with Crippen LogP contribution in [0.1, 0.15) is 76.3 Å². The zero-order valence-electron chi connectivity index (χ0n) is 19.1. The number of hydrogen-bond acceptors (Lipinski definition) is 2. The van der Waals surface area contributed by atoms with Gasteiger partial charge in [-0.1, -0.05) is 87.8 Å². The first-order valence-corrected chi connectivity index (χ1v) is 11.6. The van der Waals surface area contributed by atoms with Crippen LogP contribution in [0.25, 0.3) is 0 Å². The maximum Gasteiger partial charge on any atom is 0.100 e. The number of para-hydroxylation sites is 2. The lowest BCUT2D eigenvalue weighted by Crippen LogP contribution is -1.83. The predicted molar refractivity (Wildman–Crippen MR) is 133 cm³/mol. The van der Waals surface area contributed by atoms with Crippen molar-refractivity contribution in [2.24, 2.45) is 9.98 Å². The zero-order valence-corrected chi connectivity index (χ0v) is 19.1. The molecule has 0 aliphatic rings. The van der Waals surface area contributed by atoms with E-state index in [1.165, 1.54) is 38.5 Å². The third-order valence-electron chi connectivity index (χ3n) is 4.94. The number of rotatable bonds is 10. The second-order valence-corrected chi connectivity index (χ2v) is 7.56. The average molecular weight is 411 g/mol. The number of nitrogens with zero attached hydrogens (tertiary/aromatic N) is 2. The molecular formula is C29H34N2. The van der Waals surface area contributed by atoms with E-state index in [1.807, 2.05) is 36.4 Å². The molecule has 2 aromatic carbocycles. The maximum atomic E-state index is 4.48. The van der Waals surface area contributed by atoms with E-state index in [0.29, 0.717) is 12.8 Å².